The molecule has 0 aliphatic carbocycles. The average molecular weight is 314 g/mol. The first-order valence-corrected chi connectivity index (χ1v) is 7.41. The van der Waals surface area contributed by atoms with Crippen molar-refractivity contribution in [2.24, 2.45) is 0 Å². The maximum Gasteiger partial charge on any atom is 0.255 e. The summed E-state index contributed by atoms with van der Waals surface area (Å²) in [6.45, 7) is 6.59. The summed E-state index contributed by atoms with van der Waals surface area (Å²) in [6.07, 6.45) is 1.96. The van der Waals surface area contributed by atoms with Crippen LogP contribution in [0.2, 0.25) is 0 Å². The Balaban J connectivity index is 1.68. The normalized spacial score (nSPS) is 10.9. The van der Waals surface area contributed by atoms with E-state index in [0.717, 1.165) is 12.2 Å². The molecule has 3 heterocycles. The van der Waals surface area contributed by atoms with Gasteiger partial charge in [0.15, 0.2) is 0 Å². The number of nitrogens with zero attached hydrogens (tertiary/aromatic N) is 3. The van der Waals surface area contributed by atoms with E-state index in [0.29, 0.717) is 28.8 Å². The third kappa shape index (κ3) is 3.03. The van der Waals surface area contributed by atoms with Crippen molar-refractivity contribution in [3.05, 3.63) is 47.4 Å². The minimum atomic E-state index is -0.226. The first kappa shape index (κ1) is 15.1. The van der Waals surface area contributed by atoms with Crippen molar-refractivity contribution in [3.8, 4) is 11.5 Å². The van der Waals surface area contributed by atoms with E-state index in [-0.39, 0.29) is 12.5 Å². The number of rotatable bonds is 5. The molecule has 1 amide bonds. The van der Waals surface area contributed by atoms with E-state index in [4.69, 9.17) is 8.94 Å². The van der Waals surface area contributed by atoms with Crippen molar-refractivity contribution >= 4 is 5.91 Å². The zero-order valence-electron chi connectivity index (χ0n) is 13.3. The summed E-state index contributed by atoms with van der Waals surface area (Å²) in [6, 6.07) is 5.56. The molecule has 0 unspecified atom stereocenters. The highest BCUT2D eigenvalue weighted by Crippen LogP contribution is 2.17. The maximum absolute atomic E-state index is 12.1. The average Bonchev–Trinajstić information content (AvgIpc) is 3.23. The second-order valence-corrected chi connectivity index (χ2v) is 5.20. The Morgan fingerprint density at radius 2 is 2.22 bits per heavy atom. The Morgan fingerprint density at radius 3 is 2.91 bits per heavy atom. The molecule has 0 bridgehead atoms. The number of hydrogen-bond acceptors (Lipinski definition) is 5. The smallest absolute Gasteiger partial charge is 0.255 e. The molecule has 120 valence electrons. The fourth-order valence-electron chi connectivity index (χ4n) is 2.43. The molecular formula is C16H18N4O3. The minimum Gasteiger partial charge on any atom is -0.466 e. The van der Waals surface area contributed by atoms with Crippen molar-refractivity contribution in [1.82, 2.24) is 20.0 Å². The van der Waals surface area contributed by atoms with Crippen LogP contribution in [0, 0.1) is 13.8 Å². The number of aromatic nitrogens is 3. The molecule has 23 heavy (non-hydrogen) atoms. The van der Waals surface area contributed by atoms with Gasteiger partial charge < -0.3 is 18.8 Å². The molecule has 1 N–H and O–H groups in total. The highest BCUT2D eigenvalue weighted by atomic mass is 16.5. The van der Waals surface area contributed by atoms with Gasteiger partial charge in [0.25, 0.3) is 5.91 Å². The summed E-state index contributed by atoms with van der Waals surface area (Å²) < 4.78 is 12.6. The minimum absolute atomic E-state index is 0.169. The quantitative estimate of drug-likeness (QED) is 0.782. The first-order chi connectivity index (χ1) is 11.1. The van der Waals surface area contributed by atoms with Gasteiger partial charge in [-0.2, -0.15) is 4.98 Å². The monoisotopic (exact) mass is 314 g/mol. The highest BCUT2D eigenvalue weighted by Gasteiger charge is 2.16. The number of carbonyl (C=O) groups excluding carboxylic acids is 1. The summed E-state index contributed by atoms with van der Waals surface area (Å²) in [5.74, 6) is 1.93. The lowest BCUT2D eigenvalue weighted by Crippen LogP contribution is -2.23. The molecule has 3 rings (SSSR count). The lowest BCUT2D eigenvalue weighted by atomic mass is 10.2. The third-order valence-corrected chi connectivity index (χ3v) is 3.55. The van der Waals surface area contributed by atoms with Gasteiger partial charge >= 0.3 is 0 Å². The molecule has 0 fully saturated rings. The van der Waals surface area contributed by atoms with Crippen LogP contribution in [-0.4, -0.2) is 20.6 Å². The van der Waals surface area contributed by atoms with Gasteiger partial charge in [0.2, 0.25) is 11.7 Å². The number of aryl methyl sites for hydroxylation is 3. The van der Waals surface area contributed by atoms with Crippen LogP contribution in [0.3, 0.4) is 0 Å². The Hall–Kier alpha value is -2.83. The Kier molecular flexibility index (Phi) is 4.01. The topological polar surface area (TPSA) is 86.1 Å². The summed E-state index contributed by atoms with van der Waals surface area (Å²) in [7, 11) is 0. The molecule has 7 heteroatoms. The maximum atomic E-state index is 12.1. The predicted octanol–water partition coefficient (Wildman–Crippen LogP) is 2.70. The SMILES string of the molecule is CCn1cccc1-c1noc(CNC(=O)c2cc(C)oc2C)n1. The van der Waals surface area contributed by atoms with Crippen LogP contribution in [-0.2, 0) is 13.1 Å². The molecule has 0 spiro atoms. The van der Waals surface area contributed by atoms with Gasteiger partial charge in [-0.1, -0.05) is 5.16 Å². The second-order valence-electron chi connectivity index (χ2n) is 5.20. The van der Waals surface area contributed by atoms with Gasteiger partial charge in [0.05, 0.1) is 17.8 Å². The third-order valence-electron chi connectivity index (χ3n) is 3.55. The van der Waals surface area contributed by atoms with Gasteiger partial charge in [0, 0.05) is 12.7 Å². The van der Waals surface area contributed by atoms with Crippen LogP contribution in [0.5, 0.6) is 0 Å². The molecule has 0 aromatic carbocycles. The van der Waals surface area contributed by atoms with E-state index >= 15 is 0 Å². The van der Waals surface area contributed by atoms with Gasteiger partial charge in [-0.25, -0.2) is 0 Å². The summed E-state index contributed by atoms with van der Waals surface area (Å²) in [4.78, 5) is 16.4. The molecular weight excluding hydrogens is 296 g/mol. The molecule has 3 aromatic heterocycles. The summed E-state index contributed by atoms with van der Waals surface area (Å²) in [5, 5.41) is 6.72. The number of carbonyl (C=O) groups is 1. The molecule has 0 saturated heterocycles. The Morgan fingerprint density at radius 1 is 1.39 bits per heavy atom. The number of furan rings is 1. The van der Waals surface area contributed by atoms with E-state index in [9.17, 15) is 4.79 Å². The van der Waals surface area contributed by atoms with Gasteiger partial charge in [-0.3, -0.25) is 4.79 Å². The number of nitrogens with one attached hydrogen (secondary N) is 1. The van der Waals surface area contributed by atoms with Crippen molar-refractivity contribution in [2.45, 2.75) is 33.9 Å². The lowest BCUT2D eigenvalue weighted by Gasteiger charge is -2.01. The lowest BCUT2D eigenvalue weighted by molar-refractivity contribution is 0.0944. The van der Waals surface area contributed by atoms with E-state index in [1.54, 1.807) is 19.9 Å². The second kappa shape index (κ2) is 6.12. The van der Waals surface area contributed by atoms with Crippen molar-refractivity contribution in [1.29, 1.82) is 0 Å². The van der Waals surface area contributed by atoms with Gasteiger partial charge in [-0.15, -0.1) is 0 Å². The Bertz CT molecular complexity index is 828. The zero-order valence-corrected chi connectivity index (χ0v) is 13.3. The van der Waals surface area contributed by atoms with Crippen LogP contribution < -0.4 is 5.32 Å². The first-order valence-electron chi connectivity index (χ1n) is 7.41. The molecule has 0 aliphatic rings. The van der Waals surface area contributed by atoms with Crippen molar-refractivity contribution in [2.75, 3.05) is 0 Å². The van der Waals surface area contributed by atoms with Gasteiger partial charge in [0.1, 0.15) is 11.5 Å². The fraction of sp³-hybridized carbons (Fsp3) is 0.312. The van der Waals surface area contributed by atoms with Crippen LogP contribution >= 0.6 is 0 Å². The molecule has 7 nitrogen and oxygen atoms in total. The Labute approximate surface area is 133 Å². The van der Waals surface area contributed by atoms with E-state index in [1.165, 1.54) is 0 Å². The standard InChI is InChI=1S/C16H18N4O3/c1-4-20-7-5-6-13(20)15-18-14(23-19-15)9-17-16(21)12-8-10(2)22-11(12)3/h5-8H,4,9H2,1-3H3,(H,17,21). The molecule has 0 atom stereocenters. The van der Waals surface area contributed by atoms with Crippen LogP contribution in [0.1, 0.15) is 34.7 Å². The number of amides is 1. The zero-order chi connectivity index (χ0) is 16.4. The van der Waals surface area contributed by atoms with Gasteiger partial charge in [-0.05, 0) is 39.0 Å². The van der Waals surface area contributed by atoms with E-state index in [1.807, 2.05) is 29.8 Å². The van der Waals surface area contributed by atoms with Crippen LogP contribution in [0.15, 0.2) is 33.3 Å². The molecule has 0 radical (unpaired) electrons. The fourth-order valence-corrected chi connectivity index (χ4v) is 2.43. The number of hydrogen-bond donors (Lipinski definition) is 1. The molecule has 0 saturated carbocycles. The van der Waals surface area contributed by atoms with Crippen LogP contribution in [0.25, 0.3) is 11.5 Å². The highest BCUT2D eigenvalue weighted by molar-refractivity contribution is 5.95. The van der Waals surface area contributed by atoms with E-state index < -0.39 is 0 Å². The van der Waals surface area contributed by atoms with Crippen molar-refractivity contribution in [3.63, 3.8) is 0 Å². The van der Waals surface area contributed by atoms with Crippen LogP contribution in [0.4, 0.5) is 0 Å². The predicted molar refractivity (Wildman–Crippen MR) is 82.8 cm³/mol. The summed E-state index contributed by atoms with van der Waals surface area (Å²) >= 11 is 0. The van der Waals surface area contributed by atoms with E-state index in [2.05, 4.69) is 15.5 Å². The largest absolute Gasteiger partial charge is 0.466 e. The van der Waals surface area contributed by atoms with Crippen molar-refractivity contribution < 1.29 is 13.7 Å². The summed E-state index contributed by atoms with van der Waals surface area (Å²) in [5.41, 5.74) is 1.40. The molecule has 3 aromatic rings. The molecule has 0 aliphatic heterocycles.